The third kappa shape index (κ3) is 4.33. The van der Waals surface area contributed by atoms with Crippen LogP contribution in [0.4, 0.5) is 0 Å². The first kappa shape index (κ1) is 16.1. The molecule has 1 nitrogen and oxygen atoms in total. The molecule has 2 heteroatoms. The van der Waals surface area contributed by atoms with Crippen molar-refractivity contribution >= 4 is 11.6 Å². The van der Waals surface area contributed by atoms with E-state index >= 15 is 0 Å². The van der Waals surface area contributed by atoms with E-state index in [0.717, 1.165) is 17.0 Å². The van der Waals surface area contributed by atoms with Gasteiger partial charge in [-0.05, 0) is 36.0 Å². The Labute approximate surface area is 132 Å². The summed E-state index contributed by atoms with van der Waals surface area (Å²) < 4.78 is 0. The van der Waals surface area contributed by atoms with Gasteiger partial charge in [0, 0.05) is 11.4 Å². The summed E-state index contributed by atoms with van der Waals surface area (Å²) in [5.41, 5.74) is 3.31. The van der Waals surface area contributed by atoms with E-state index in [1.807, 2.05) is 24.3 Å². The third-order valence-corrected chi connectivity index (χ3v) is 4.42. The molecule has 0 amide bonds. The SMILES string of the molecule is Cc1ccc(CC(C)(C)[C@H](O)Cc2ccccc2Cl)cc1. The Bertz CT molecular complexity index is 587. The van der Waals surface area contributed by atoms with Crippen LogP contribution in [0.1, 0.15) is 30.5 Å². The Hall–Kier alpha value is -1.31. The first-order valence-electron chi connectivity index (χ1n) is 7.35. The van der Waals surface area contributed by atoms with Gasteiger partial charge in [0.1, 0.15) is 0 Å². The van der Waals surface area contributed by atoms with E-state index in [9.17, 15) is 5.11 Å². The molecule has 0 fully saturated rings. The second-order valence-corrected chi connectivity index (χ2v) is 6.87. The first-order chi connectivity index (χ1) is 9.88. The summed E-state index contributed by atoms with van der Waals surface area (Å²) >= 11 is 6.18. The monoisotopic (exact) mass is 302 g/mol. The van der Waals surface area contributed by atoms with E-state index in [4.69, 9.17) is 11.6 Å². The molecule has 0 aromatic heterocycles. The van der Waals surface area contributed by atoms with Gasteiger partial charge in [0.05, 0.1) is 6.10 Å². The van der Waals surface area contributed by atoms with Crippen LogP contribution < -0.4 is 0 Å². The van der Waals surface area contributed by atoms with Crippen LogP contribution in [0.5, 0.6) is 0 Å². The summed E-state index contributed by atoms with van der Waals surface area (Å²) in [6.07, 6.45) is 0.996. The number of aryl methyl sites for hydroxylation is 1. The van der Waals surface area contributed by atoms with E-state index in [1.165, 1.54) is 11.1 Å². The summed E-state index contributed by atoms with van der Waals surface area (Å²) in [7, 11) is 0. The lowest BCUT2D eigenvalue weighted by atomic mass is 9.78. The lowest BCUT2D eigenvalue weighted by molar-refractivity contribution is 0.0508. The molecule has 2 rings (SSSR count). The fourth-order valence-electron chi connectivity index (χ4n) is 2.50. The predicted octanol–water partition coefficient (Wildman–Crippen LogP) is 4.82. The minimum Gasteiger partial charge on any atom is -0.392 e. The largest absolute Gasteiger partial charge is 0.392 e. The van der Waals surface area contributed by atoms with Crippen LogP contribution in [0.15, 0.2) is 48.5 Å². The maximum absolute atomic E-state index is 10.6. The summed E-state index contributed by atoms with van der Waals surface area (Å²) in [4.78, 5) is 0. The quantitative estimate of drug-likeness (QED) is 0.839. The van der Waals surface area contributed by atoms with Gasteiger partial charge in [-0.2, -0.15) is 0 Å². The third-order valence-electron chi connectivity index (χ3n) is 4.05. The highest BCUT2D eigenvalue weighted by Gasteiger charge is 2.28. The van der Waals surface area contributed by atoms with Crippen LogP contribution in [-0.2, 0) is 12.8 Å². The molecule has 0 bridgehead atoms. The van der Waals surface area contributed by atoms with Crippen LogP contribution in [0, 0.1) is 12.3 Å². The Balaban J connectivity index is 2.07. The highest BCUT2D eigenvalue weighted by Crippen LogP contribution is 2.30. The fraction of sp³-hybridized carbons (Fsp3) is 0.368. The van der Waals surface area contributed by atoms with Crippen LogP contribution in [0.3, 0.4) is 0 Å². The Morgan fingerprint density at radius 1 is 1.05 bits per heavy atom. The zero-order valence-electron chi connectivity index (χ0n) is 12.9. The molecule has 0 saturated carbocycles. The van der Waals surface area contributed by atoms with Crippen molar-refractivity contribution in [3.63, 3.8) is 0 Å². The molecule has 2 aromatic carbocycles. The van der Waals surface area contributed by atoms with E-state index in [2.05, 4.69) is 45.0 Å². The maximum Gasteiger partial charge on any atom is 0.0635 e. The van der Waals surface area contributed by atoms with Crippen LogP contribution in [0.2, 0.25) is 5.02 Å². The maximum atomic E-state index is 10.6. The van der Waals surface area contributed by atoms with E-state index in [-0.39, 0.29) is 5.41 Å². The van der Waals surface area contributed by atoms with Crippen molar-refractivity contribution in [3.8, 4) is 0 Å². The van der Waals surface area contributed by atoms with Crippen LogP contribution in [-0.4, -0.2) is 11.2 Å². The standard InChI is InChI=1S/C19H23ClO/c1-14-8-10-15(11-9-14)13-19(2,3)18(21)12-16-6-4-5-7-17(16)20/h4-11,18,21H,12-13H2,1-3H3/t18-/m1/s1. The average Bonchev–Trinajstić information content (AvgIpc) is 2.43. The number of hydrogen-bond acceptors (Lipinski definition) is 1. The Morgan fingerprint density at radius 3 is 2.29 bits per heavy atom. The summed E-state index contributed by atoms with van der Waals surface area (Å²) in [5.74, 6) is 0. The minimum absolute atomic E-state index is 0.200. The van der Waals surface area contributed by atoms with Crippen molar-refractivity contribution in [2.24, 2.45) is 5.41 Å². The van der Waals surface area contributed by atoms with Gasteiger partial charge in [-0.15, -0.1) is 0 Å². The minimum atomic E-state index is -0.432. The molecule has 0 aliphatic heterocycles. The van der Waals surface area contributed by atoms with Crippen molar-refractivity contribution in [2.45, 2.75) is 39.7 Å². The topological polar surface area (TPSA) is 20.2 Å². The summed E-state index contributed by atoms with van der Waals surface area (Å²) in [5, 5.41) is 11.3. The molecule has 0 radical (unpaired) electrons. The molecular weight excluding hydrogens is 280 g/mol. The first-order valence-corrected chi connectivity index (χ1v) is 7.73. The van der Waals surface area contributed by atoms with E-state index in [0.29, 0.717) is 6.42 Å². The number of aliphatic hydroxyl groups excluding tert-OH is 1. The van der Waals surface area contributed by atoms with Gasteiger partial charge >= 0.3 is 0 Å². The molecule has 0 aliphatic rings. The number of aliphatic hydroxyl groups is 1. The molecule has 0 saturated heterocycles. The van der Waals surface area contributed by atoms with E-state index < -0.39 is 6.10 Å². The molecule has 1 atom stereocenters. The Morgan fingerprint density at radius 2 is 1.67 bits per heavy atom. The van der Waals surface area contributed by atoms with Crippen molar-refractivity contribution in [3.05, 3.63) is 70.2 Å². The molecule has 112 valence electrons. The van der Waals surface area contributed by atoms with Gasteiger partial charge in [-0.1, -0.05) is 73.5 Å². The zero-order chi connectivity index (χ0) is 15.5. The fourth-order valence-corrected chi connectivity index (χ4v) is 2.71. The lowest BCUT2D eigenvalue weighted by Crippen LogP contribution is -2.33. The van der Waals surface area contributed by atoms with Crippen molar-refractivity contribution in [1.29, 1.82) is 0 Å². The molecule has 21 heavy (non-hydrogen) atoms. The van der Waals surface area contributed by atoms with Crippen LogP contribution in [0.25, 0.3) is 0 Å². The van der Waals surface area contributed by atoms with Crippen LogP contribution >= 0.6 is 11.6 Å². The number of rotatable bonds is 5. The molecule has 0 aliphatic carbocycles. The summed E-state index contributed by atoms with van der Waals surface area (Å²) in [6, 6.07) is 16.2. The highest BCUT2D eigenvalue weighted by molar-refractivity contribution is 6.31. The second kappa shape index (κ2) is 6.64. The molecule has 0 unspecified atom stereocenters. The second-order valence-electron chi connectivity index (χ2n) is 6.46. The van der Waals surface area contributed by atoms with Crippen molar-refractivity contribution in [1.82, 2.24) is 0 Å². The number of halogens is 1. The average molecular weight is 303 g/mol. The van der Waals surface area contributed by atoms with Gasteiger partial charge in [-0.25, -0.2) is 0 Å². The van der Waals surface area contributed by atoms with Crippen molar-refractivity contribution < 1.29 is 5.11 Å². The lowest BCUT2D eigenvalue weighted by Gasteiger charge is -2.31. The molecule has 1 N–H and O–H groups in total. The smallest absolute Gasteiger partial charge is 0.0635 e. The van der Waals surface area contributed by atoms with E-state index in [1.54, 1.807) is 0 Å². The molecular formula is C19H23ClO. The van der Waals surface area contributed by atoms with Gasteiger partial charge < -0.3 is 5.11 Å². The van der Waals surface area contributed by atoms with Gasteiger partial charge in [0.2, 0.25) is 0 Å². The Kier molecular flexibility index (Phi) is 5.08. The number of hydrogen-bond donors (Lipinski definition) is 1. The summed E-state index contributed by atoms with van der Waals surface area (Å²) in [6.45, 7) is 6.30. The number of benzene rings is 2. The van der Waals surface area contributed by atoms with Gasteiger partial charge in [0.25, 0.3) is 0 Å². The van der Waals surface area contributed by atoms with Gasteiger partial charge in [0.15, 0.2) is 0 Å². The molecule has 2 aromatic rings. The normalized spacial score (nSPS) is 13.2. The predicted molar refractivity (Wildman–Crippen MR) is 89.8 cm³/mol. The molecule has 0 spiro atoms. The zero-order valence-corrected chi connectivity index (χ0v) is 13.7. The van der Waals surface area contributed by atoms with Crippen molar-refractivity contribution in [2.75, 3.05) is 0 Å². The van der Waals surface area contributed by atoms with Gasteiger partial charge in [-0.3, -0.25) is 0 Å². The molecule has 0 heterocycles. The highest BCUT2D eigenvalue weighted by atomic mass is 35.5.